The zero-order valence-electron chi connectivity index (χ0n) is 27.5. The molecule has 0 aromatic heterocycles. The molecular formula is C37H45N4O7P. The van der Waals surface area contributed by atoms with Crippen LogP contribution in [0.1, 0.15) is 74.0 Å². The van der Waals surface area contributed by atoms with Gasteiger partial charge in [-0.3, -0.25) is 23.7 Å². The van der Waals surface area contributed by atoms with Crippen molar-refractivity contribution in [1.29, 1.82) is 0 Å². The van der Waals surface area contributed by atoms with E-state index in [1.165, 1.54) is 0 Å². The summed E-state index contributed by atoms with van der Waals surface area (Å²) in [7, 11) is -4.25. The quantitative estimate of drug-likeness (QED) is 0.159. The zero-order chi connectivity index (χ0) is 35.0. The van der Waals surface area contributed by atoms with Crippen molar-refractivity contribution in [3.8, 4) is 0 Å². The maximum Gasteiger partial charge on any atom is 0.329 e. The second-order valence-corrected chi connectivity index (χ2v) is 15.0. The lowest BCUT2D eigenvalue weighted by Crippen LogP contribution is -2.63. The van der Waals surface area contributed by atoms with E-state index in [0.29, 0.717) is 44.1 Å². The summed E-state index contributed by atoms with van der Waals surface area (Å²) in [5, 5.41) is 10.9. The fourth-order valence-electron chi connectivity index (χ4n) is 7.02. The Hall–Kier alpha value is -4.31. The Labute approximate surface area is 286 Å². The average Bonchev–Trinajstić information content (AvgIpc) is 3.06. The van der Waals surface area contributed by atoms with E-state index in [9.17, 15) is 33.5 Å². The van der Waals surface area contributed by atoms with E-state index in [4.69, 9.17) is 5.73 Å². The van der Waals surface area contributed by atoms with Gasteiger partial charge in [0.1, 0.15) is 11.6 Å². The Bertz CT molecular complexity index is 1740. The third kappa shape index (κ3) is 9.88. The van der Waals surface area contributed by atoms with Crippen LogP contribution >= 0.6 is 7.60 Å². The number of hydrogen-bond donors (Lipinski definition) is 6. The van der Waals surface area contributed by atoms with Crippen molar-refractivity contribution in [1.82, 2.24) is 16.0 Å². The predicted octanol–water partition coefficient (Wildman–Crippen LogP) is 4.11. The Morgan fingerprint density at radius 3 is 2.37 bits per heavy atom. The van der Waals surface area contributed by atoms with Crippen molar-refractivity contribution >= 4 is 42.0 Å². The highest BCUT2D eigenvalue weighted by Crippen LogP contribution is 2.39. The summed E-state index contributed by atoms with van der Waals surface area (Å²) >= 11 is 0. The van der Waals surface area contributed by atoms with E-state index >= 15 is 0 Å². The number of allylic oxidation sites excluding steroid dienone is 2. The van der Waals surface area contributed by atoms with Gasteiger partial charge >= 0.3 is 7.60 Å². The summed E-state index contributed by atoms with van der Waals surface area (Å²) in [6, 6.07) is 19.9. The van der Waals surface area contributed by atoms with Crippen molar-refractivity contribution in [3.63, 3.8) is 0 Å². The van der Waals surface area contributed by atoms with E-state index in [-0.39, 0.29) is 37.4 Å². The monoisotopic (exact) mass is 688 g/mol. The number of primary amides is 1. The molecule has 0 saturated heterocycles. The standard InChI is InChI=1S/C37H45N4O7P/c38-33(42)22-32-35(44)39-23-26(20-30-12-7-10-28-9-2-3-13-31(28)30)8-6-11-29(27-16-14-25(15-17-27)24-49(46,47)48)21-34(43)41-37(36(45)40-32)18-4-1-5-19-37/h2-3,6-7,9-17,26,29,32H,1,4-5,8,18-24H2,(H2,38,42)(H,39,44)(H,40,45)(H,41,43)(H2,46,47,48). The molecule has 0 radical (unpaired) electrons. The molecule has 49 heavy (non-hydrogen) atoms. The molecule has 4 amide bonds. The summed E-state index contributed by atoms with van der Waals surface area (Å²) in [6.45, 7) is 0.265. The lowest BCUT2D eigenvalue weighted by atomic mass is 9.80. The maximum atomic E-state index is 13.9. The Balaban J connectivity index is 1.49. The van der Waals surface area contributed by atoms with Gasteiger partial charge in [-0.05, 0) is 59.1 Å². The molecule has 3 aromatic carbocycles. The van der Waals surface area contributed by atoms with Gasteiger partial charge in [0.15, 0.2) is 0 Å². The third-order valence-electron chi connectivity index (χ3n) is 9.54. The van der Waals surface area contributed by atoms with E-state index in [1.807, 2.05) is 42.5 Å². The number of amides is 4. The lowest BCUT2D eigenvalue weighted by molar-refractivity contribution is -0.138. The number of nitrogens with one attached hydrogen (secondary N) is 3. The molecule has 5 rings (SSSR count). The largest absolute Gasteiger partial charge is 0.370 e. The normalized spacial score (nSPS) is 22.4. The summed E-state index contributed by atoms with van der Waals surface area (Å²) in [5.74, 6) is -2.58. The molecule has 7 N–H and O–H groups in total. The van der Waals surface area contributed by atoms with Gasteiger partial charge in [-0.2, -0.15) is 0 Å². The summed E-state index contributed by atoms with van der Waals surface area (Å²) in [6.07, 6.45) is 7.50. The first kappa shape index (κ1) is 36.0. The molecule has 3 aromatic rings. The summed E-state index contributed by atoms with van der Waals surface area (Å²) < 4.78 is 11.6. The van der Waals surface area contributed by atoms with Gasteiger partial charge in [-0.15, -0.1) is 0 Å². The molecule has 1 fully saturated rings. The van der Waals surface area contributed by atoms with Gasteiger partial charge in [0, 0.05) is 18.9 Å². The van der Waals surface area contributed by atoms with Crippen molar-refractivity contribution in [2.75, 3.05) is 6.54 Å². The van der Waals surface area contributed by atoms with Crippen LogP contribution in [0.3, 0.4) is 0 Å². The first-order valence-electron chi connectivity index (χ1n) is 16.9. The first-order valence-corrected chi connectivity index (χ1v) is 18.7. The minimum absolute atomic E-state index is 0.0270. The van der Waals surface area contributed by atoms with Crippen molar-refractivity contribution in [3.05, 3.63) is 95.6 Å². The SMILES string of the molecule is NC(=O)CC1NC(=O)C2(CCCCC2)NC(=O)CC(c2ccc(CP(=O)(O)O)cc2)C=CCC(Cc2cccc3ccccc23)CNC1=O. The number of rotatable bonds is 7. The Morgan fingerprint density at radius 2 is 1.65 bits per heavy atom. The maximum absolute atomic E-state index is 13.9. The fraction of sp³-hybridized carbons (Fsp3) is 0.405. The molecule has 1 spiro atoms. The van der Waals surface area contributed by atoms with Crippen LogP contribution in [-0.4, -0.2) is 51.5 Å². The lowest BCUT2D eigenvalue weighted by Gasteiger charge is -2.38. The molecule has 3 atom stereocenters. The molecule has 2 aliphatic rings. The molecular weight excluding hydrogens is 643 g/mol. The van der Waals surface area contributed by atoms with Crippen LogP contribution in [0, 0.1) is 5.92 Å². The van der Waals surface area contributed by atoms with Gasteiger partial charge in [-0.1, -0.05) is 98.1 Å². The molecule has 1 saturated carbocycles. The number of fused-ring (bicyclic) bond motifs is 1. The number of nitrogens with two attached hydrogens (primary N) is 1. The van der Waals surface area contributed by atoms with Crippen LogP contribution in [0.4, 0.5) is 0 Å². The number of benzene rings is 3. The molecule has 3 unspecified atom stereocenters. The van der Waals surface area contributed by atoms with Gasteiger partial charge in [-0.25, -0.2) is 0 Å². The van der Waals surface area contributed by atoms with Crippen LogP contribution in [0.5, 0.6) is 0 Å². The number of hydrogen-bond acceptors (Lipinski definition) is 5. The van der Waals surface area contributed by atoms with Crippen LogP contribution < -0.4 is 21.7 Å². The van der Waals surface area contributed by atoms with Gasteiger partial charge in [0.25, 0.3) is 0 Å². The molecule has 1 heterocycles. The third-order valence-corrected chi connectivity index (χ3v) is 10.3. The van der Waals surface area contributed by atoms with Gasteiger partial charge in [0.2, 0.25) is 23.6 Å². The first-order chi connectivity index (χ1) is 23.4. The van der Waals surface area contributed by atoms with Crippen LogP contribution in [0.25, 0.3) is 10.8 Å². The van der Waals surface area contributed by atoms with Gasteiger partial charge in [0.05, 0.1) is 12.6 Å². The average molecular weight is 689 g/mol. The van der Waals surface area contributed by atoms with E-state index in [2.05, 4.69) is 28.1 Å². The minimum atomic E-state index is -4.25. The highest BCUT2D eigenvalue weighted by atomic mass is 31.2. The molecule has 0 bridgehead atoms. The smallest absolute Gasteiger partial charge is 0.329 e. The minimum Gasteiger partial charge on any atom is -0.370 e. The second-order valence-electron chi connectivity index (χ2n) is 13.4. The summed E-state index contributed by atoms with van der Waals surface area (Å²) in [5.41, 5.74) is 6.64. The number of carbonyl (C=O) groups is 4. The van der Waals surface area contributed by atoms with Gasteiger partial charge < -0.3 is 31.5 Å². The molecule has 260 valence electrons. The Kier molecular flexibility index (Phi) is 11.7. The van der Waals surface area contributed by atoms with Crippen LogP contribution in [0.2, 0.25) is 0 Å². The van der Waals surface area contributed by atoms with Crippen molar-refractivity contribution in [2.24, 2.45) is 11.7 Å². The van der Waals surface area contributed by atoms with E-state index in [1.54, 1.807) is 24.3 Å². The van der Waals surface area contributed by atoms with Crippen LogP contribution in [0.15, 0.2) is 78.9 Å². The number of carbonyl (C=O) groups excluding carboxylic acids is 4. The fourth-order valence-corrected chi connectivity index (χ4v) is 7.70. The highest BCUT2D eigenvalue weighted by molar-refractivity contribution is 7.50. The van der Waals surface area contributed by atoms with Crippen LogP contribution in [-0.2, 0) is 36.3 Å². The zero-order valence-corrected chi connectivity index (χ0v) is 28.4. The second kappa shape index (κ2) is 15.9. The predicted molar refractivity (Wildman–Crippen MR) is 187 cm³/mol. The topological polar surface area (TPSA) is 188 Å². The molecule has 1 aliphatic carbocycles. The highest BCUT2D eigenvalue weighted by Gasteiger charge is 2.42. The van der Waals surface area contributed by atoms with E-state index in [0.717, 1.165) is 28.3 Å². The van der Waals surface area contributed by atoms with Crippen molar-refractivity contribution in [2.45, 2.75) is 81.4 Å². The van der Waals surface area contributed by atoms with Crippen molar-refractivity contribution < 1.29 is 33.5 Å². The molecule has 1 aliphatic heterocycles. The summed E-state index contributed by atoms with van der Waals surface area (Å²) in [4.78, 5) is 72.1. The van der Waals surface area contributed by atoms with E-state index < -0.39 is 42.8 Å². The Morgan fingerprint density at radius 1 is 0.939 bits per heavy atom. The molecule has 12 heteroatoms. The molecule has 11 nitrogen and oxygen atoms in total.